The number of amides is 1. The van der Waals surface area contributed by atoms with Crippen LogP contribution in [0.5, 0.6) is 0 Å². The Labute approximate surface area is 51.8 Å². The first kappa shape index (κ1) is 7.90. The van der Waals surface area contributed by atoms with Crippen LogP contribution in [0.4, 0.5) is 4.79 Å². The van der Waals surface area contributed by atoms with Gasteiger partial charge in [-0.05, 0) is 0 Å². The molecule has 0 aromatic carbocycles. The Balaban J connectivity index is 3.28. The van der Waals surface area contributed by atoms with E-state index >= 15 is 0 Å². The number of carbonyl (C=O) groups is 2. The minimum absolute atomic E-state index is 0.125. The van der Waals surface area contributed by atoms with Crippen LogP contribution in [0.1, 0.15) is 0 Å². The van der Waals surface area contributed by atoms with Gasteiger partial charge in [-0.25, -0.2) is 4.79 Å². The van der Waals surface area contributed by atoms with Crippen LogP contribution in [0.2, 0.25) is 0 Å². The van der Waals surface area contributed by atoms with E-state index < -0.39 is 6.09 Å². The summed E-state index contributed by atoms with van der Waals surface area (Å²) in [7, 11) is 0. The molecule has 9 heavy (non-hydrogen) atoms. The average Bonchev–Trinajstić information content (AvgIpc) is 1.83. The molecule has 52 valence electrons. The molecule has 0 rings (SSSR count). The number of rotatable bonds is 3. The molecule has 5 nitrogen and oxygen atoms in total. The molecule has 0 spiro atoms. The second-order valence-corrected chi connectivity index (χ2v) is 1.45. The van der Waals surface area contributed by atoms with E-state index in [9.17, 15) is 9.59 Å². The fourth-order valence-electron chi connectivity index (χ4n) is 0.263. The van der Waals surface area contributed by atoms with E-state index in [1.165, 1.54) is 0 Å². The van der Waals surface area contributed by atoms with E-state index in [1.807, 2.05) is 5.32 Å². The summed E-state index contributed by atoms with van der Waals surface area (Å²) in [6.07, 6.45) is -1.18. The van der Waals surface area contributed by atoms with Crippen molar-refractivity contribution in [3.63, 3.8) is 0 Å². The molecule has 0 aromatic heterocycles. The third-order valence-corrected chi connectivity index (χ3v) is 0.716. The van der Waals surface area contributed by atoms with Crippen molar-refractivity contribution in [2.24, 2.45) is 0 Å². The summed E-state index contributed by atoms with van der Waals surface area (Å²) >= 11 is 0. The van der Waals surface area contributed by atoms with Crippen LogP contribution in [0.15, 0.2) is 0 Å². The summed E-state index contributed by atoms with van der Waals surface area (Å²) in [5, 5.41) is 9.90. The number of carbonyl (C=O) groups excluding carboxylic acids is 1. The van der Waals surface area contributed by atoms with Crippen molar-refractivity contribution in [2.45, 2.75) is 0 Å². The van der Waals surface area contributed by atoms with E-state index in [1.54, 1.807) is 0 Å². The van der Waals surface area contributed by atoms with E-state index in [0.717, 1.165) is 0 Å². The Morgan fingerprint density at radius 3 is 2.44 bits per heavy atom. The van der Waals surface area contributed by atoms with Crippen molar-refractivity contribution < 1.29 is 20.4 Å². The summed E-state index contributed by atoms with van der Waals surface area (Å²) < 4.78 is 0. The fourth-order valence-corrected chi connectivity index (χ4v) is 0.263. The number of Topliss-reactive ketones (excluding diaryl/α,β-unsaturated/α-hetero) is 1. The number of hydrogen-bond acceptors (Lipinski definition) is 2. The van der Waals surface area contributed by atoms with Gasteiger partial charge >= 0.3 is 6.09 Å². The first-order valence-electron chi connectivity index (χ1n) is 2.44. The first-order chi connectivity index (χ1) is 4.16. The number of quaternary nitrogens is 1. The van der Waals surface area contributed by atoms with Gasteiger partial charge in [0.2, 0.25) is 5.78 Å². The van der Waals surface area contributed by atoms with Gasteiger partial charge in [-0.3, -0.25) is 4.79 Å². The fraction of sp³-hybridized carbons (Fsp3) is 0.500. The number of ketones is 1. The molecule has 1 amide bonds. The minimum atomic E-state index is -1.18. The molecule has 5 N–H and O–H groups in total. The first-order valence-corrected chi connectivity index (χ1v) is 2.44. The Bertz CT molecular complexity index is 123. The molecular weight excluding hydrogens is 124 g/mol. The zero-order valence-electron chi connectivity index (χ0n) is 4.89. The van der Waals surface area contributed by atoms with Gasteiger partial charge < -0.3 is 16.2 Å². The van der Waals surface area contributed by atoms with Crippen LogP contribution in [-0.4, -0.2) is 30.1 Å². The number of carboxylic acid groups (broad SMARTS) is 1. The molecule has 0 unspecified atom stereocenters. The smallest absolute Gasteiger partial charge is 0.405 e. The lowest BCUT2D eigenvalue weighted by Gasteiger charge is -1.93. The maximum atomic E-state index is 10.3. The van der Waals surface area contributed by atoms with Crippen molar-refractivity contribution in [1.82, 2.24) is 5.32 Å². The van der Waals surface area contributed by atoms with E-state index in [4.69, 9.17) is 5.11 Å². The normalized spacial score (nSPS) is 8.56. The van der Waals surface area contributed by atoms with E-state index in [0.29, 0.717) is 0 Å². The summed E-state index contributed by atoms with van der Waals surface area (Å²) in [6, 6.07) is 0. The van der Waals surface area contributed by atoms with Crippen molar-refractivity contribution >= 4 is 11.9 Å². The average molecular weight is 133 g/mol. The van der Waals surface area contributed by atoms with Gasteiger partial charge in [0.25, 0.3) is 0 Å². The second-order valence-electron chi connectivity index (χ2n) is 1.45. The van der Waals surface area contributed by atoms with Crippen LogP contribution in [0.3, 0.4) is 0 Å². The van der Waals surface area contributed by atoms with Crippen molar-refractivity contribution in [3.05, 3.63) is 0 Å². The van der Waals surface area contributed by atoms with Gasteiger partial charge in [-0.1, -0.05) is 0 Å². The molecule has 0 bridgehead atoms. The van der Waals surface area contributed by atoms with Crippen LogP contribution in [0, 0.1) is 0 Å². The Morgan fingerprint density at radius 2 is 2.11 bits per heavy atom. The highest BCUT2D eigenvalue weighted by Crippen LogP contribution is 1.63. The monoisotopic (exact) mass is 133 g/mol. The molecule has 5 heteroatoms. The molecule has 0 saturated carbocycles. The standard InChI is InChI=1S/C4H8N2O3/c5-1-3(7)2-6-4(8)9/h6H,1-2,5H2,(H,8,9)/p+1. The number of nitrogens with one attached hydrogen (secondary N) is 1. The number of hydrogen-bond donors (Lipinski definition) is 3. The summed E-state index contributed by atoms with van der Waals surface area (Å²) in [6.45, 7) is -0.0148. The van der Waals surface area contributed by atoms with Crippen molar-refractivity contribution in [2.75, 3.05) is 13.1 Å². The lowest BCUT2D eigenvalue weighted by molar-refractivity contribution is -0.354. The summed E-state index contributed by atoms with van der Waals surface area (Å²) in [5.74, 6) is -0.211. The van der Waals surface area contributed by atoms with Gasteiger partial charge in [0.1, 0.15) is 6.54 Å². The van der Waals surface area contributed by atoms with Crippen LogP contribution in [-0.2, 0) is 4.79 Å². The molecule has 0 aliphatic rings. The summed E-state index contributed by atoms with van der Waals surface area (Å²) in [5.41, 5.74) is 3.28. The quantitative estimate of drug-likeness (QED) is 0.418. The third-order valence-electron chi connectivity index (χ3n) is 0.716. The largest absolute Gasteiger partial charge is 0.465 e. The summed E-state index contributed by atoms with van der Waals surface area (Å²) in [4.78, 5) is 20.1. The van der Waals surface area contributed by atoms with E-state index in [2.05, 4.69) is 5.73 Å². The molecule has 0 aliphatic carbocycles. The zero-order valence-corrected chi connectivity index (χ0v) is 4.89. The van der Waals surface area contributed by atoms with Gasteiger partial charge in [0, 0.05) is 0 Å². The lowest BCUT2D eigenvalue weighted by Crippen LogP contribution is -2.56. The highest BCUT2D eigenvalue weighted by molar-refractivity contribution is 5.84. The predicted octanol–water partition coefficient (Wildman–Crippen LogP) is -1.93. The van der Waals surface area contributed by atoms with Gasteiger partial charge in [-0.15, -0.1) is 0 Å². The van der Waals surface area contributed by atoms with Crippen LogP contribution >= 0.6 is 0 Å². The maximum absolute atomic E-state index is 10.3. The van der Waals surface area contributed by atoms with Crippen LogP contribution in [0.25, 0.3) is 0 Å². The van der Waals surface area contributed by atoms with Crippen LogP contribution < -0.4 is 11.1 Å². The lowest BCUT2D eigenvalue weighted by atomic mass is 10.4. The Morgan fingerprint density at radius 1 is 1.56 bits per heavy atom. The minimum Gasteiger partial charge on any atom is -0.465 e. The zero-order chi connectivity index (χ0) is 7.28. The molecule has 0 aliphatic heterocycles. The maximum Gasteiger partial charge on any atom is 0.405 e. The highest BCUT2D eigenvalue weighted by atomic mass is 16.4. The van der Waals surface area contributed by atoms with Gasteiger partial charge in [-0.2, -0.15) is 0 Å². The van der Waals surface area contributed by atoms with Crippen molar-refractivity contribution in [3.8, 4) is 0 Å². The molecular formula is C4H9N2O3+. The van der Waals surface area contributed by atoms with Gasteiger partial charge in [0.05, 0.1) is 6.54 Å². The predicted molar refractivity (Wildman–Crippen MR) is 28.8 cm³/mol. The third kappa shape index (κ3) is 4.76. The second kappa shape index (κ2) is 3.85. The van der Waals surface area contributed by atoms with Gasteiger partial charge in [0.15, 0.2) is 0 Å². The Hall–Kier alpha value is -1.10. The van der Waals surface area contributed by atoms with E-state index in [-0.39, 0.29) is 18.9 Å². The molecule has 0 radical (unpaired) electrons. The molecule has 0 fully saturated rings. The highest BCUT2D eigenvalue weighted by Gasteiger charge is 2.00. The molecule has 0 atom stereocenters. The Kier molecular flexibility index (Phi) is 3.38. The topological polar surface area (TPSA) is 94.0 Å². The SMILES string of the molecule is [NH3+]CC(=O)CNC(=O)O. The molecule has 0 aromatic rings. The molecule has 0 saturated heterocycles. The molecule has 0 heterocycles. The van der Waals surface area contributed by atoms with Crippen molar-refractivity contribution in [1.29, 1.82) is 0 Å².